The van der Waals surface area contributed by atoms with Gasteiger partial charge in [-0.15, -0.1) is 0 Å². The van der Waals surface area contributed by atoms with Crippen molar-refractivity contribution >= 4 is 28.6 Å². The van der Waals surface area contributed by atoms with Gasteiger partial charge in [-0.1, -0.05) is 0 Å². The number of rotatable bonds is 3. The fourth-order valence-corrected chi connectivity index (χ4v) is 1.29. The van der Waals surface area contributed by atoms with Crippen LogP contribution >= 0.6 is 0 Å². The quantitative estimate of drug-likeness (QED) is 0.491. The number of ether oxygens (including phenoxy) is 1. The Bertz CT molecular complexity index is 350. The van der Waals surface area contributed by atoms with Crippen molar-refractivity contribution in [2.24, 2.45) is 0 Å². The van der Waals surface area contributed by atoms with Crippen LogP contribution < -0.4 is 0 Å². The van der Waals surface area contributed by atoms with Crippen LogP contribution in [0.3, 0.4) is 0 Å². The van der Waals surface area contributed by atoms with Crippen LogP contribution in [0.15, 0.2) is 0 Å². The van der Waals surface area contributed by atoms with Gasteiger partial charge in [-0.2, -0.15) is 4.90 Å². The SMILES string of the molecule is O=C1CCC(=O)N1C(=O)OCC[SH](=O)=O. The van der Waals surface area contributed by atoms with Crippen molar-refractivity contribution in [1.29, 1.82) is 0 Å². The number of likely N-dealkylation sites (tertiary alicyclic amines) is 1. The van der Waals surface area contributed by atoms with Crippen LogP contribution in [-0.2, 0) is 25.0 Å². The Labute approximate surface area is 86.9 Å². The lowest BCUT2D eigenvalue weighted by atomic mass is 10.4. The highest BCUT2D eigenvalue weighted by molar-refractivity contribution is 7.72. The molecule has 0 aromatic carbocycles. The standard InChI is InChI=1S/C7H9NO6S/c9-5-1-2-6(10)8(5)7(11)14-3-4-15(12)13/h15H,1-4H2. The Morgan fingerprint density at radius 3 is 2.27 bits per heavy atom. The fourth-order valence-electron chi connectivity index (χ4n) is 1.05. The number of carbonyl (C=O) groups excluding carboxylic acids is 3. The minimum absolute atomic E-state index is 0.0102. The first-order valence-corrected chi connectivity index (χ1v) is 5.53. The van der Waals surface area contributed by atoms with E-state index in [0.717, 1.165) is 0 Å². The fraction of sp³-hybridized carbons (Fsp3) is 0.571. The summed E-state index contributed by atoms with van der Waals surface area (Å²) in [5, 5.41) is 0. The average molecular weight is 235 g/mol. The summed E-state index contributed by atoms with van der Waals surface area (Å²) in [6.45, 7) is -0.353. The number of amides is 3. The molecule has 15 heavy (non-hydrogen) atoms. The summed E-state index contributed by atoms with van der Waals surface area (Å²) in [6.07, 6.45) is -1.12. The molecule has 1 saturated heterocycles. The molecule has 0 atom stereocenters. The molecule has 3 amide bonds. The van der Waals surface area contributed by atoms with E-state index in [1.54, 1.807) is 0 Å². The maximum absolute atomic E-state index is 11.1. The Morgan fingerprint density at radius 1 is 1.27 bits per heavy atom. The predicted octanol–water partition coefficient (Wildman–Crippen LogP) is -1.12. The number of nitrogens with zero attached hydrogens (tertiary/aromatic N) is 1. The van der Waals surface area contributed by atoms with Crippen molar-refractivity contribution in [3.8, 4) is 0 Å². The van der Waals surface area contributed by atoms with Gasteiger partial charge in [0.2, 0.25) is 11.8 Å². The smallest absolute Gasteiger partial charge is 0.423 e. The number of carbonyl (C=O) groups is 3. The number of imide groups is 3. The highest BCUT2D eigenvalue weighted by Gasteiger charge is 2.35. The zero-order valence-corrected chi connectivity index (χ0v) is 8.57. The Hall–Kier alpha value is -1.44. The highest BCUT2D eigenvalue weighted by Crippen LogP contribution is 2.12. The Balaban J connectivity index is 2.46. The number of thiol groups is 1. The van der Waals surface area contributed by atoms with Crippen LogP contribution in [0.2, 0.25) is 0 Å². The molecule has 1 aliphatic heterocycles. The van der Waals surface area contributed by atoms with E-state index < -0.39 is 28.6 Å². The van der Waals surface area contributed by atoms with E-state index in [9.17, 15) is 22.8 Å². The second kappa shape index (κ2) is 4.87. The molecule has 8 heteroatoms. The highest BCUT2D eigenvalue weighted by atomic mass is 32.2. The molecule has 7 nitrogen and oxygen atoms in total. The average Bonchev–Trinajstić information content (AvgIpc) is 2.45. The van der Waals surface area contributed by atoms with Gasteiger partial charge >= 0.3 is 6.09 Å². The van der Waals surface area contributed by atoms with E-state index in [0.29, 0.717) is 4.90 Å². The van der Waals surface area contributed by atoms with E-state index >= 15 is 0 Å². The predicted molar refractivity (Wildman–Crippen MR) is 47.6 cm³/mol. The second-order valence-corrected chi connectivity index (χ2v) is 3.91. The number of hydrogen-bond donors (Lipinski definition) is 1. The van der Waals surface area contributed by atoms with E-state index in [-0.39, 0.29) is 25.2 Å². The first kappa shape index (κ1) is 11.6. The van der Waals surface area contributed by atoms with Crippen LogP contribution in [-0.4, -0.2) is 43.6 Å². The van der Waals surface area contributed by atoms with Crippen molar-refractivity contribution in [2.45, 2.75) is 12.8 Å². The molecular formula is C7H9NO6S. The molecule has 1 fully saturated rings. The lowest BCUT2D eigenvalue weighted by Gasteiger charge is -2.10. The van der Waals surface area contributed by atoms with Crippen LogP contribution in [0.5, 0.6) is 0 Å². The maximum Gasteiger partial charge on any atom is 0.423 e. The van der Waals surface area contributed by atoms with Crippen LogP contribution in [0.25, 0.3) is 0 Å². The van der Waals surface area contributed by atoms with Gasteiger partial charge in [0.05, 0.1) is 5.75 Å². The van der Waals surface area contributed by atoms with Gasteiger partial charge in [-0.05, 0) is 0 Å². The minimum Gasteiger partial charge on any atom is -0.448 e. The molecule has 0 unspecified atom stereocenters. The van der Waals surface area contributed by atoms with Gasteiger partial charge < -0.3 is 4.74 Å². The Kier molecular flexibility index (Phi) is 3.78. The first-order valence-electron chi connectivity index (χ1n) is 4.16. The molecular weight excluding hydrogens is 226 g/mol. The maximum atomic E-state index is 11.1. The van der Waals surface area contributed by atoms with Gasteiger partial charge in [-0.3, -0.25) is 9.59 Å². The molecule has 84 valence electrons. The molecule has 0 saturated carbocycles. The van der Waals surface area contributed by atoms with Crippen molar-refractivity contribution in [3.05, 3.63) is 0 Å². The summed E-state index contributed by atoms with van der Waals surface area (Å²) in [5.74, 6) is -1.55. The van der Waals surface area contributed by atoms with Crippen LogP contribution in [0.4, 0.5) is 4.79 Å². The van der Waals surface area contributed by atoms with E-state index in [1.807, 2.05) is 0 Å². The summed E-state index contributed by atoms with van der Waals surface area (Å²) < 4.78 is 24.7. The summed E-state index contributed by atoms with van der Waals surface area (Å²) in [7, 11) is -2.63. The summed E-state index contributed by atoms with van der Waals surface area (Å²) in [6, 6.07) is 0. The van der Waals surface area contributed by atoms with Crippen molar-refractivity contribution in [3.63, 3.8) is 0 Å². The molecule has 1 heterocycles. The first-order chi connectivity index (χ1) is 7.02. The largest absolute Gasteiger partial charge is 0.448 e. The Morgan fingerprint density at radius 2 is 1.80 bits per heavy atom. The van der Waals surface area contributed by atoms with Crippen molar-refractivity contribution < 1.29 is 27.5 Å². The van der Waals surface area contributed by atoms with Gasteiger partial charge in [-0.25, -0.2) is 13.2 Å². The summed E-state index contributed by atoms with van der Waals surface area (Å²) in [4.78, 5) is 33.5. The van der Waals surface area contributed by atoms with Gasteiger partial charge in [0.25, 0.3) is 0 Å². The molecule has 0 N–H and O–H groups in total. The van der Waals surface area contributed by atoms with Crippen LogP contribution in [0, 0.1) is 0 Å². The normalized spacial score (nSPS) is 16.2. The van der Waals surface area contributed by atoms with Crippen molar-refractivity contribution in [2.75, 3.05) is 12.4 Å². The molecule has 0 spiro atoms. The van der Waals surface area contributed by atoms with E-state index in [1.165, 1.54) is 0 Å². The third-order valence-electron chi connectivity index (χ3n) is 1.73. The molecule has 0 bridgehead atoms. The lowest BCUT2D eigenvalue weighted by molar-refractivity contribution is -0.136. The molecule has 0 aromatic heterocycles. The molecule has 0 aliphatic carbocycles. The molecule has 0 aromatic rings. The van der Waals surface area contributed by atoms with Crippen molar-refractivity contribution in [1.82, 2.24) is 4.90 Å². The monoisotopic (exact) mass is 235 g/mol. The zero-order valence-electron chi connectivity index (χ0n) is 7.67. The molecule has 1 rings (SSSR count). The summed E-state index contributed by atoms with van der Waals surface area (Å²) >= 11 is 0. The molecule has 0 radical (unpaired) electrons. The number of hydrogen-bond acceptors (Lipinski definition) is 6. The van der Waals surface area contributed by atoms with E-state index in [2.05, 4.69) is 4.74 Å². The zero-order chi connectivity index (χ0) is 11.4. The topological polar surface area (TPSA) is 97.8 Å². The van der Waals surface area contributed by atoms with Gasteiger partial charge in [0.1, 0.15) is 17.3 Å². The van der Waals surface area contributed by atoms with Crippen LogP contribution in [0.1, 0.15) is 12.8 Å². The third kappa shape index (κ3) is 3.01. The lowest BCUT2D eigenvalue weighted by Crippen LogP contribution is -2.36. The van der Waals surface area contributed by atoms with E-state index in [4.69, 9.17) is 0 Å². The van der Waals surface area contributed by atoms with Gasteiger partial charge in [0, 0.05) is 12.8 Å². The minimum atomic E-state index is -2.63. The third-order valence-corrected chi connectivity index (χ3v) is 2.28. The molecule has 1 aliphatic rings. The van der Waals surface area contributed by atoms with Gasteiger partial charge in [0.15, 0.2) is 0 Å². The summed E-state index contributed by atoms with van der Waals surface area (Å²) in [5.41, 5.74) is 0. The second-order valence-electron chi connectivity index (χ2n) is 2.79.